The van der Waals surface area contributed by atoms with E-state index >= 15 is 0 Å². The standard InChI is InChI=1S/C12H20N4O/c1-9-11(7-14-15(9)3)12(17)16-6-4-5-10(8-16)13-2/h7,10,13H,4-6,8H2,1-3H3. The number of likely N-dealkylation sites (tertiary alicyclic amines) is 1. The second-order valence-corrected chi connectivity index (χ2v) is 4.65. The van der Waals surface area contributed by atoms with E-state index in [1.54, 1.807) is 10.9 Å². The fraction of sp³-hybridized carbons (Fsp3) is 0.667. The van der Waals surface area contributed by atoms with Gasteiger partial charge in [-0.1, -0.05) is 0 Å². The van der Waals surface area contributed by atoms with Crippen LogP contribution < -0.4 is 5.32 Å². The topological polar surface area (TPSA) is 50.2 Å². The van der Waals surface area contributed by atoms with Crippen LogP contribution in [0.3, 0.4) is 0 Å². The van der Waals surface area contributed by atoms with E-state index in [1.165, 1.54) is 0 Å². The van der Waals surface area contributed by atoms with Crippen molar-refractivity contribution in [3.63, 3.8) is 0 Å². The zero-order valence-electron chi connectivity index (χ0n) is 10.7. The average Bonchev–Trinajstić information content (AvgIpc) is 2.69. The van der Waals surface area contributed by atoms with Crippen LogP contribution in [0.2, 0.25) is 0 Å². The molecule has 1 atom stereocenters. The highest BCUT2D eigenvalue weighted by Crippen LogP contribution is 2.15. The third-order valence-electron chi connectivity index (χ3n) is 3.58. The maximum atomic E-state index is 12.3. The van der Waals surface area contributed by atoms with Crippen LogP contribution >= 0.6 is 0 Å². The number of carbonyl (C=O) groups excluding carboxylic acids is 1. The minimum absolute atomic E-state index is 0.107. The molecule has 2 rings (SSSR count). The Morgan fingerprint density at radius 2 is 2.35 bits per heavy atom. The third kappa shape index (κ3) is 2.34. The van der Waals surface area contributed by atoms with E-state index in [-0.39, 0.29) is 5.91 Å². The molecule has 0 spiro atoms. The second kappa shape index (κ2) is 4.87. The summed E-state index contributed by atoms with van der Waals surface area (Å²) in [5, 5.41) is 7.37. The number of likely N-dealkylation sites (N-methyl/N-ethyl adjacent to an activating group) is 1. The number of aromatic nitrogens is 2. The smallest absolute Gasteiger partial charge is 0.257 e. The first-order valence-corrected chi connectivity index (χ1v) is 6.08. The zero-order chi connectivity index (χ0) is 12.4. The third-order valence-corrected chi connectivity index (χ3v) is 3.58. The van der Waals surface area contributed by atoms with Gasteiger partial charge in [-0.3, -0.25) is 9.48 Å². The van der Waals surface area contributed by atoms with Crippen molar-refractivity contribution in [3.8, 4) is 0 Å². The Kier molecular flexibility index (Phi) is 3.47. The number of amides is 1. The van der Waals surface area contributed by atoms with Gasteiger partial charge in [0, 0.05) is 31.9 Å². The van der Waals surface area contributed by atoms with Gasteiger partial charge in [0.15, 0.2) is 0 Å². The van der Waals surface area contributed by atoms with Gasteiger partial charge < -0.3 is 10.2 Å². The number of nitrogens with one attached hydrogen (secondary N) is 1. The van der Waals surface area contributed by atoms with Gasteiger partial charge in [0.1, 0.15) is 0 Å². The molecule has 5 nitrogen and oxygen atoms in total. The molecule has 1 aliphatic heterocycles. The Labute approximate surface area is 102 Å². The van der Waals surface area contributed by atoms with Gasteiger partial charge in [-0.05, 0) is 26.8 Å². The maximum absolute atomic E-state index is 12.3. The van der Waals surface area contributed by atoms with Crippen LogP contribution in [0.15, 0.2) is 6.20 Å². The first kappa shape index (κ1) is 12.1. The van der Waals surface area contributed by atoms with Gasteiger partial charge in [0.25, 0.3) is 5.91 Å². The molecule has 0 aromatic carbocycles. The summed E-state index contributed by atoms with van der Waals surface area (Å²) in [5.41, 5.74) is 1.66. The summed E-state index contributed by atoms with van der Waals surface area (Å²) in [6.07, 6.45) is 3.88. The minimum atomic E-state index is 0.107. The summed E-state index contributed by atoms with van der Waals surface area (Å²) >= 11 is 0. The first-order valence-electron chi connectivity index (χ1n) is 6.08. The lowest BCUT2D eigenvalue weighted by Gasteiger charge is -2.32. The van der Waals surface area contributed by atoms with Gasteiger partial charge in [-0.25, -0.2) is 0 Å². The second-order valence-electron chi connectivity index (χ2n) is 4.65. The van der Waals surface area contributed by atoms with Crippen molar-refractivity contribution < 1.29 is 4.79 Å². The molecule has 5 heteroatoms. The molecule has 1 N–H and O–H groups in total. The largest absolute Gasteiger partial charge is 0.337 e. The number of nitrogens with zero attached hydrogens (tertiary/aromatic N) is 3. The van der Waals surface area contributed by atoms with E-state index in [0.717, 1.165) is 37.2 Å². The summed E-state index contributed by atoms with van der Waals surface area (Å²) in [6.45, 7) is 3.58. The molecule has 2 heterocycles. The lowest BCUT2D eigenvalue weighted by atomic mass is 10.0. The Hall–Kier alpha value is -1.36. The van der Waals surface area contributed by atoms with Gasteiger partial charge in [-0.15, -0.1) is 0 Å². The van der Waals surface area contributed by atoms with Gasteiger partial charge in [0.2, 0.25) is 0 Å². The van der Waals surface area contributed by atoms with Gasteiger partial charge >= 0.3 is 0 Å². The molecule has 1 aromatic rings. The number of hydrogen-bond donors (Lipinski definition) is 1. The highest BCUT2D eigenvalue weighted by molar-refractivity contribution is 5.95. The number of rotatable bonds is 2. The van der Waals surface area contributed by atoms with Crippen LogP contribution in [0.4, 0.5) is 0 Å². The van der Waals surface area contributed by atoms with E-state index in [0.29, 0.717) is 6.04 Å². The van der Waals surface area contributed by atoms with Crippen molar-refractivity contribution in [3.05, 3.63) is 17.5 Å². The first-order chi connectivity index (χ1) is 8.13. The Bertz CT molecular complexity index is 413. The van der Waals surface area contributed by atoms with Crippen molar-refractivity contribution in [2.75, 3.05) is 20.1 Å². The lowest BCUT2D eigenvalue weighted by Crippen LogP contribution is -2.47. The van der Waals surface area contributed by atoms with Crippen molar-refractivity contribution in [1.29, 1.82) is 0 Å². The maximum Gasteiger partial charge on any atom is 0.257 e. The van der Waals surface area contributed by atoms with Crippen LogP contribution in [0, 0.1) is 6.92 Å². The van der Waals surface area contributed by atoms with E-state index < -0.39 is 0 Å². The summed E-state index contributed by atoms with van der Waals surface area (Å²) in [6, 6.07) is 0.421. The summed E-state index contributed by atoms with van der Waals surface area (Å²) in [4.78, 5) is 14.3. The molecule has 1 saturated heterocycles. The van der Waals surface area contributed by atoms with Crippen LogP contribution in [-0.2, 0) is 7.05 Å². The zero-order valence-corrected chi connectivity index (χ0v) is 10.7. The number of aryl methyl sites for hydroxylation is 1. The van der Waals surface area contributed by atoms with E-state index in [4.69, 9.17) is 0 Å². The van der Waals surface area contributed by atoms with Crippen molar-refractivity contribution in [2.24, 2.45) is 7.05 Å². The minimum Gasteiger partial charge on any atom is -0.337 e. The molecule has 17 heavy (non-hydrogen) atoms. The highest BCUT2D eigenvalue weighted by Gasteiger charge is 2.25. The predicted octanol–water partition coefficient (Wildman–Crippen LogP) is 0.553. The van der Waals surface area contributed by atoms with Crippen LogP contribution in [0.25, 0.3) is 0 Å². The predicted molar refractivity (Wildman–Crippen MR) is 65.9 cm³/mol. The number of hydrogen-bond acceptors (Lipinski definition) is 3. The lowest BCUT2D eigenvalue weighted by molar-refractivity contribution is 0.0697. The van der Waals surface area contributed by atoms with Crippen molar-refractivity contribution >= 4 is 5.91 Å². The molecule has 0 bridgehead atoms. The molecular weight excluding hydrogens is 216 g/mol. The van der Waals surface area contributed by atoms with Gasteiger partial charge in [-0.2, -0.15) is 5.10 Å². The van der Waals surface area contributed by atoms with Crippen LogP contribution in [-0.4, -0.2) is 46.8 Å². The summed E-state index contributed by atoms with van der Waals surface area (Å²) in [7, 11) is 3.81. The van der Waals surface area contributed by atoms with Crippen LogP contribution in [0.5, 0.6) is 0 Å². The molecule has 94 valence electrons. The van der Waals surface area contributed by atoms with Gasteiger partial charge in [0.05, 0.1) is 11.8 Å². The fourth-order valence-electron chi connectivity index (χ4n) is 2.28. The summed E-state index contributed by atoms with van der Waals surface area (Å²) < 4.78 is 1.74. The molecule has 1 aromatic heterocycles. The van der Waals surface area contributed by atoms with Crippen LogP contribution in [0.1, 0.15) is 28.9 Å². The molecule has 1 fully saturated rings. The van der Waals surface area contributed by atoms with Crippen molar-refractivity contribution in [1.82, 2.24) is 20.0 Å². The molecule has 0 saturated carbocycles. The normalized spacial score (nSPS) is 20.6. The Morgan fingerprint density at radius 3 is 2.94 bits per heavy atom. The molecule has 1 amide bonds. The van der Waals surface area contributed by atoms with Crippen molar-refractivity contribution in [2.45, 2.75) is 25.8 Å². The van der Waals surface area contributed by atoms with E-state index in [1.807, 2.05) is 25.9 Å². The van der Waals surface area contributed by atoms with E-state index in [2.05, 4.69) is 10.4 Å². The monoisotopic (exact) mass is 236 g/mol. The highest BCUT2D eigenvalue weighted by atomic mass is 16.2. The Morgan fingerprint density at radius 1 is 1.59 bits per heavy atom. The molecular formula is C12H20N4O. The molecule has 1 unspecified atom stereocenters. The molecule has 0 radical (unpaired) electrons. The quantitative estimate of drug-likeness (QED) is 0.816. The van der Waals surface area contributed by atoms with E-state index in [9.17, 15) is 4.79 Å². The average molecular weight is 236 g/mol. The number of piperidine rings is 1. The molecule has 1 aliphatic rings. The number of carbonyl (C=O) groups is 1. The summed E-state index contributed by atoms with van der Waals surface area (Å²) in [5.74, 6) is 0.107. The SMILES string of the molecule is CNC1CCCN(C(=O)c2cnn(C)c2C)C1. The fourth-order valence-corrected chi connectivity index (χ4v) is 2.28. The molecule has 0 aliphatic carbocycles. The Balaban J connectivity index is 2.12.